The molecular weight excluding hydrogens is 439 g/mol. The average Bonchev–Trinajstić information content (AvgIpc) is 2.84. The molecule has 2 aromatic heterocycles. The molecule has 10 nitrogen and oxygen atoms in total. The van der Waals surface area contributed by atoms with Crippen molar-refractivity contribution in [2.75, 3.05) is 54.9 Å². The summed E-state index contributed by atoms with van der Waals surface area (Å²) in [6.07, 6.45) is 1.49. The van der Waals surface area contributed by atoms with Gasteiger partial charge in [0.25, 0.3) is 5.91 Å². The van der Waals surface area contributed by atoms with Gasteiger partial charge in [-0.3, -0.25) is 14.6 Å². The summed E-state index contributed by atoms with van der Waals surface area (Å²) in [6, 6.07) is 6.96. The van der Waals surface area contributed by atoms with E-state index in [2.05, 4.69) is 30.5 Å². The van der Waals surface area contributed by atoms with Crippen LogP contribution in [-0.2, 0) is 6.54 Å². The Hall–Kier alpha value is -3.86. The third kappa shape index (κ3) is 3.87. The second-order valence-electron chi connectivity index (χ2n) is 8.26. The summed E-state index contributed by atoms with van der Waals surface area (Å²) in [5.74, 6) is -0.430. The summed E-state index contributed by atoms with van der Waals surface area (Å²) in [7, 11) is 1.49. The predicted octanol–water partition coefficient (Wildman–Crippen LogP) is 2.22. The summed E-state index contributed by atoms with van der Waals surface area (Å²) >= 11 is 0. The van der Waals surface area contributed by atoms with Crippen molar-refractivity contribution in [1.82, 2.24) is 25.2 Å². The zero-order chi connectivity index (χ0) is 23.8. The zero-order valence-electron chi connectivity index (χ0n) is 19.0. The zero-order valence-corrected chi connectivity index (χ0v) is 19.0. The van der Waals surface area contributed by atoms with Gasteiger partial charge in [-0.15, -0.1) is 0 Å². The first-order valence-electron chi connectivity index (χ1n) is 11.2. The lowest BCUT2D eigenvalue weighted by molar-refractivity contribution is 0.0957. The van der Waals surface area contributed by atoms with Crippen LogP contribution in [0.4, 0.5) is 26.4 Å². The Morgan fingerprint density at radius 2 is 1.97 bits per heavy atom. The molecule has 5 rings (SSSR count). The standard InChI is InChI=1S/C23H25FN8O2/c1-3-32-21-19-16(26-13-27-21)10-14(11-17(19)29-23(32)34)12-30-6-8-31(9-7-30)18-5-4-15(22(33)25-2)28-20(18)24/h4-5,10-11,13H,3,6-9,12H2,1-2H3,(H,25,33)(H,29,34). The summed E-state index contributed by atoms with van der Waals surface area (Å²) < 4.78 is 14.5. The molecule has 176 valence electrons. The fourth-order valence-electron chi connectivity index (χ4n) is 4.52. The molecule has 0 saturated carbocycles. The minimum Gasteiger partial charge on any atom is -0.365 e. The highest BCUT2D eigenvalue weighted by Gasteiger charge is 2.27. The van der Waals surface area contributed by atoms with Crippen molar-refractivity contribution in [3.8, 4) is 0 Å². The number of nitrogens with zero attached hydrogens (tertiary/aromatic N) is 6. The molecule has 0 bridgehead atoms. The van der Waals surface area contributed by atoms with Crippen LogP contribution in [-0.4, -0.2) is 71.6 Å². The van der Waals surface area contributed by atoms with E-state index in [1.54, 1.807) is 11.0 Å². The number of aromatic nitrogens is 3. The molecule has 0 spiro atoms. The second-order valence-corrected chi connectivity index (χ2v) is 8.26. The lowest BCUT2D eigenvalue weighted by Crippen LogP contribution is -2.46. The number of pyridine rings is 1. The molecule has 2 aliphatic rings. The van der Waals surface area contributed by atoms with Crippen LogP contribution in [0.1, 0.15) is 23.0 Å². The topological polar surface area (TPSA) is 107 Å². The fraction of sp³-hybridized carbons (Fsp3) is 0.348. The minimum atomic E-state index is -0.643. The molecule has 3 amide bonds. The Bertz CT molecular complexity index is 1280. The van der Waals surface area contributed by atoms with Crippen molar-refractivity contribution in [2.24, 2.45) is 0 Å². The van der Waals surface area contributed by atoms with Gasteiger partial charge in [-0.05, 0) is 36.8 Å². The van der Waals surface area contributed by atoms with Gasteiger partial charge in [0.1, 0.15) is 17.8 Å². The maximum Gasteiger partial charge on any atom is 0.327 e. The fourth-order valence-corrected chi connectivity index (χ4v) is 4.52. The number of halogens is 1. The van der Waals surface area contributed by atoms with Gasteiger partial charge in [-0.1, -0.05) is 0 Å². The third-order valence-electron chi connectivity index (χ3n) is 6.24. The molecule has 0 atom stereocenters. The first-order valence-corrected chi connectivity index (χ1v) is 11.2. The van der Waals surface area contributed by atoms with E-state index in [9.17, 15) is 14.0 Å². The maximum atomic E-state index is 14.5. The van der Waals surface area contributed by atoms with E-state index in [0.29, 0.717) is 37.7 Å². The first kappa shape index (κ1) is 22.0. The Labute approximate surface area is 195 Å². The lowest BCUT2D eigenvalue weighted by Gasteiger charge is -2.36. The minimum absolute atomic E-state index is 0.0590. The van der Waals surface area contributed by atoms with E-state index in [4.69, 9.17) is 0 Å². The van der Waals surface area contributed by atoms with Crippen LogP contribution >= 0.6 is 0 Å². The monoisotopic (exact) mass is 464 g/mol. The summed E-state index contributed by atoms with van der Waals surface area (Å²) in [6.45, 7) is 5.84. The van der Waals surface area contributed by atoms with Crippen LogP contribution < -0.4 is 20.4 Å². The third-order valence-corrected chi connectivity index (χ3v) is 6.24. The highest BCUT2D eigenvalue weighted by molar-refractivity contribution is 6.17. The number of carbonyl (C=O) groups is 2. The molecule has 2 aliphatic heterocycles. The largest absolute Gasteiger partial charge is 0.365 e. The van der Waals surface area contributed by atoms with Crippen LogP contribution in [0, 0.1) is 5.95 Å². The SMILES string of the molecule is CCN1C(=O)Nc2cc(CN3CCN(c4ccc(C(=O)NC)nc4F)CC3)cc3ncnc1c23. The molecule has 1 fully saturated rings. The molecule has 0 radical (unpaired) electrons. The normalized spacial score (nSPS) is 16.0. The van der Waals surface area contributed by atoms with E-state index in [-0.39, 0.29) is 11.7 Å². The number of urea groups is 1. The maximum absolute atomic E-state index is 14.5. The van der Waals surface area contributed by atoms with Crippen molar-refractivity contribution in [3.05, 3.63) is 47.8 Å². The molecule has 34 heavy (non-hydrogen) atoms. The van der Waals surface area contributed by atoms with Gasteiger partial charge >= 0.3 is 6.03 Å². The van der Waals surface area contributed by atoms with Gasteiger partial charge < -0.3 is 15.5 Å². The Kier molecular flexibility index (Phi) is 5.70. The molecular formula is C23H25FN8O2. The van der Waals surface area contributed by atoms with E-state index >= 15 is 0 Å². The smallest absolute Gasteiger partial charge is 0.327 e. The van der Waals surface area contributed by atoms with Gasteiger partial charge in [0.15, 0.2) is 0 Å². The lowest BCUT2D eigenvalue weighted by atomic mass is 10.1. The highest BCUT2D eigenvalue weighted by atomic mass is 19.1. The van der Waals surface area contributed by atoms with Gasteiger partial charge in [-0.2, -0.15) is 4.39 Å². The van der Waals surface area contributed by atoms with E-state index in [0.717, 1.165) is 35.2 Å². The van der Waals surface area contributed by atoms with Crippen molar-refractivity contribution < 1.29 is 14.0 Å². The molecule has 4 heterocycles. The van der Waals surface area contributed by atoms with E-state index < -0.39 is 11.9 Å². The highest BCUT2D eigenvalue weighted by Crippen LogP contribution is 2.35. The van der Waals surface area contributed by atoms with E-state index in [1.165, 1.54) is 19.4 Å². The summed E-state index contributed by atoms with van der Waals surface area (Å²) in [5, 5.41) is 6.25. The van der Waals surface area contributed by atoms with Crippen LogP contribution in [0.15, 0.2) is 30.6 Å². The molecule has 1 aromatic carbocycles. The summed E-state index contributed by atoms with van der Waals surface area (Å²) in [5.41, 5.74) is 3.01. The number of rotatable bonds is 5. The Morgan fingerprint density at radius 1 is 1.18 bits per heavy atom. The molecule has 11 heteroatoms. The number of hydrogen-bond donors (Lipinski definition) is 2. The molecule has 0 aliphatic carbocycles. The van der Waals surface area contributed by atoms with Gasteiger partial charge in [0, 0.05) is 46.3 Å². The van der Waals surface area contributed by atoms with Crippen LogP contribution in [0.25, 0.3) is 10.9 Å². The number of benzene rings is 1. The molecule has 0 unspecified atom stereocenters. The van der Waals surface area contributed by atoms with Crippen molar-refractivity contribution >= 4 is 40.0 Å². The van der Waals surface area contributed by atoms with Gasteiger partial charge in [-0.25, -0.2) is 19.7 Å². The number of carbonyl (C=O) groups excluding carboxylic acids is 2. The molecule has 3 aromatic rings. The number of amides is 3. The predicted molar refractivity (Wildman–Crippen MR) is 127 cm³/mol. The van der Waals surface area contributed by atoms with Crippen molar-refractivity contribution in [1.29, 1.82) is 0 Å². The number of piperazine rings is 1. The second kappa shape index (κ2) is 8.82. The number of hydrogen-bond acceptors (Lipinski definition) is 7. The molecule has 2 N–H and O–H groups in total. The van der Waals surface area contributed by atoms with Crippen LogP contribution in [0.3, 0.4) is 0 Å². The van der Waals surface area contributed by atoms with Gasteiger partial charge in [0.2, 0.25) is 5.95 Å². The number of anilines is 3. The van der Waals surface area contributed by atoms with Gasteiger partial charge in [0.05, 0.1) is 22.3 Å². The summed E-state index contributed by atoms with van der Waals surface area (Å²) in [4.78, 5) is 42.5. The average molecular weight is 465 g/mol. The van der Waals surface area contributed by atoms with Crippen LogP contribution in [0.2, 0.25) is 0 Å². The molecule has 1 saturated heterocycles. The van der Waals surface area contributed by atoms with E-state index in [1.807, 2.05) is 24.0 Å². The Morgan fingerprint density at radius 3 is 2.68 bits per heavy atom. The quantitative estimate of drug-likeness (QED) is 0.558. The van der Waals surface area contributed by atoms with Crippen molar-refractivity contribution in [3.63, 3.8) is 0 Å². The Balaban J connectivity index is 1.30. The van der Waals surface area contributed by atoms with Crippen molar-refractivity contribution in [2.45, 2.75) is 13.5 Å². The van der Waals surface area contributed by atoms with Crippen LogP contribution in [0.5, 0.6) is 0 Å². The first-order chi connectivity index (χ1) is 16.5. The number of nitrogens with one attached hydrogen (secondary N) is 2.